The van der Waals surface area contributed by atoms with Gasteiger partial charge in [-0.15, -0.1) is 0 Å². The van der Waals surface area contributed by atoms with Crippen molar-refractivity contribution < 1.29 is 27.8 Å². The Morgan fingerprint density at radius 1 is 1.09 bits per heavy atom. The predicted molar refractivity (Wildman–Crippen MR) is 119 cm³/mol. The number of ether oxygens (including phenoxy) is 1. The molecule has 3 aromatic rings. The van der Waals surface area contributed by atoms with E-state index in [-0.39, 0.29) is 23.7 Å². The van der Waals surface area contributed by atoms with E-state index >= 15 is 0 Å². The smallest absolute Gasteiger partial charge is 0.417 e. The summed E-state index contributed by atoms with van der Waals surface area (Å²) in [6.07, 6.45) is -0.585. The number of aliphatic hydroxyl groups is 1. The van der Waals surface area contributed by atoms with E-state index in [2.05, 4.69) is 15.0 Å². The third kappa shape index (κ3) is 4.34. The van der Waals surface area contributed by atoms with Crippen LogP contribution in [0.3, 0.4) is 0 Å². The fourth-order valence-corrected chi connectivity index (χ4v) is 5.29. The van der Waals surface area contributed by atoms with Gasteiger partial charge in [0.1, 0.15) is 6.10 Å². The van der Waals surface area contributed by atoms with Crippen LogP contribution in [0.1, 0.15) is 35.7 Å². The zero-order chi connectivity index (χ0) is 24.7. The van der Waals surface area contributed by atoms with Crippen LogP contribution in [0.25, 0.3) is 11.4 Å². The fourth-order valence-electron chi connectivity index (χ4n) is 5.29. The highest BCUT2D eigenvalue weighted by atomic mass is 19.4. The zero-order valence-corrected chi connectivity index (χ0v) is 18.8. The molecule has 2 aliphatic rings. The number of alkyl halides is 3. The lowest BCUT2D eigenvalue weighted by molar-refractivity contribution is -0.137. The Morgan fingerprint density at radius 3 is 2.49 bits per heavy atom. The molecule has 1 aliphatic heterocycles. The van der Waals surface area contributed by atoms with Gasteiger partial charge in [0.2, 0.25) is 5.88 Å². The molecule has 35 heavy (non-hydrogen) atoms. The van der Waals surface area contributed by atoms with Crippen LogP contribution in [0, 0.1) is 5.92 Å². The van der Waals surface area contributed by atoms with Crippen molar-refractivity contribution in [1.29, 1.82) is 0 Å². The summed E-state index contributed by atoms with van der Waals surface area (Å²) in [5.74, 6) is 0.189. The number of carbonyl (C=O) groups excluding carboxylic acids is 1. The first-order chi connectivity index (χ1) is 16.7. The number of aliphatic hydroxyl groups excluding tert-OH is 1. The third-order valence-electron chi connectivity index (χ3n) is 6.70. The largest absolute Gasteiger partial charge is 0.472 e. The van der Waals surface area contributed by atoms with Gasteiger partial charge in [0.05, 0.1) is 29.3 Å². The molecule has 1 unspecified atom stereocenters. The van der Waals surface area contributed by atoms with Crippen LogP contribution in [-0.4, -0.2) is 55.2 Å². The molecule has 2 bridgehead atoms. The van der Waals surface area contributed by atoms with Crippen molar-refractivity contribution in [3.05, 3.63) is 72.2 Å². The number of hydrogen-bond acceptors (Lipinski definition) is 6. The van der Waals surface area contributed by atoms with Crippen LogP contribution in [0.15, 0.2) is 61.1 Å². The van der Waals surface area contributed by atoms with Gasteiger partial charge in [-0.1, -0.05) is 18.2 Å². The van der Waals surface area contributed by atoms with E-state index in [0.29, 0.717) is 29.8 Å². The minimum absolute atomic E-state index is 0.0106. The molecule has 7 nitrogen and oxygen atoms in total. The van der Waals surface area contributed by atoms with Crippen molar-refractivity contribution in [1.82, 2.24) is 19.9 Å². The lowest BCUT2D eigenvalue weighted by Crippen LogP contribution is -2.55. The number of amides is 1. The number of fused-ring (bicyclic) bond motifs is 2. The van der Waals surface area contributed by atoms with Crippen LogP contribution >= 0.6 is 0 Å². The number of halogens is 3. The third-order valence-corrected chi connectivity index (χ3v) is 6.70. The summed E-state index contributed by atoms with van der Waals surface area (Å²) in [6, 6.07) is 10.1. The Labute approximate surface area is 199 Å². The average molecular weight is 484 g/mol. The molecule has 2 aromatic heterocycles. The Balaban J connectivity index is 1.43. The van der Waals surface area contributed by atoms with Crippen LogP contribution in [-0.2, 0) is 6.18 Å². The Kier molecular flexibility index (Phi) is 5.92. The van der Waals surface area contributed by atoms with Crippen molar-refractivity contribution in [3.63, 3.8) is 0 Å². The monoisotopic (exact) mass is 484 g/mol. The van der Waals surface area contributed by atoms with Gasteiger partial charge in [0, 0.05) is 30.2 Å². The van der Waals surface area contributed by atoms with Gasteiger partial charge < -0.3 is 14.7 Å². The minimum Gasteiger partial charge on any atom is -0.472 e. The van der Waals surface area contributed by atoms with Crippen LogP contribution < -0.4 is 4.74 Å². The summed E-state index contributed by atoms with van der Waals surface area (Å²) in [5.41, 5.74) is 0.124. The van der Waals surface area contributed by atoms with Crippen LogP contribution in [0.5, 0.6) is 5.88 Å². The molecule has 1 aromatic carbocycles. The van der Waals surface area contributed by atoms with Crippen molar-refractivity contribution in [2.24, 2.45) is 5.92 Å². The summed E-state index contributed by atoms with van der Waals surface area (Å²) in [4.78, 5) is 27.9. The maximum Gasteiger partial charge on any atom is 0.417 e. The second-order valence-electron chi connectivity index (χ2n) is 8.90. The first-order valence-electron chi connectivity index (χ1n) is 11.3. The zero-order valence-electron chi connectivity index (χ0n) is 18.8. The van der Waals surface area contributed by atoms with Gasteiger partial charge in [0.15, 0.2) is 5.82 Å². The fraction of sp³-hybridized carbons (Fsp3) is 0.360. The number of rotatable bonds is 5. The molecule has 182 valence electrons. The molecular formula is C25H23F3N4O3. The Morgan fingerprint density at radius 2 is 1.83 bits per heavy atom. The number of benzene rings is 1. The lowest BCUT2D eigenvalue weighted by atomic mass is 9.92. The Hall–Kier alpha value is -3.53. The maximum absolute atomic E-state index is 13.9. The number of aromatic nitrogens is 3. The minimum atomic E-state index is -4.48. The topological polar surface area (TPSA) is 88.4 Å². The number of pyridine rings is 1. The first-order valence-corrected chi connectivity index (χ1v) is 11.3. The van der Waals surface area contributed by atoms with Crippen molar-refractivity contribution in [3.8, 4) is 17.3 Å². The summed E-state index contributed by atoms with van der Waals surface area (Å²) in [7, 11) is 0. The highest BCUT2D eigenvalue weighted by Gasteiger charge is 2.56. The van der Waals surface area contributed by atoms with Gasteiger partial charge in [-0.2, -0.15) is 13.2 Å². The van der Waals surface area contributed by atoms with Gasteiger partial charge in [-0.25, -0.2) is 15.0 Å². The van der Waals surface area contributed by atoms with Gasteiger partial charge >= 0.3 is 6.18 Å². The van der Waals surface area contributed by atoms with E-state index < -0.39 is 30.0 Å². The molecule has 0 radical (unpaired) electrons. The van der Waals surface area contributed by atoms with Gasteiger partial charge in [-0.3, -0.25) is 4.79 Å². The normalized spacial score (nSPS) is 24.4. The van der Waals surface area contributed by atoms with Crippen molar-refractivity contribution >= 4 is 5.91 Å². The van der Waals surface area contributed by atoms with Crippen LogP contribution in [0.4, 0.5) is 13.2 Å². The molecule has 1 saturated carbocycles. The standard InChI is InChI=1S/C25H23F3N4O3/c1-14(33)22-15-11-19(20(12-15)35-21-8-7-16(13-31-21)25(26,27)28)32(22)24(34)18-6-3-2-5-17(18)23-29-9-4-10-30-23/h2-10,13-15,19-20,22,33H,11-12H2,1H3/t14?,15-,19+,20-,22-/m1/s1. The average Bonchev–Trinajstić information content (AvgIpc) is 3.42. The molecular weight excluding hydrogens is 461 g/mol. The summed E-state index contributed by atoms with van der Waals surface area (Å²) in [5, 5.41) is 10.5. The molecule has 0 spiro atoms. The van der Waals surface area contributed by atoms with Gasteiger partial charge in [0.25, 0.3) is 5.91 Å². The quantitative estimate of drug-likeness (QED) is 0.589. The SMILES string of the molecule is CC(O)[C@@H]1[C@H]2C[C@@H](Oc3ccc(C(F)(F)F)cn3)[C@H](C2)N1C(=O)c1ccccc1-c1ncccn1. The summed E-state index contributed by atoms with van der Waals surface area (Å²) < 4.78 is 44.6. The first kappa shape index (κ1) is 23.2. The van der Waals surface area contributed by atoms with E-state index in [4.69, 9.17) is 4.74 Å². The van der Waals surface area contributed by atoms with E-state index in [1.54, 1.807) is 54.5 Å². The second-order valence-corrected chi connectivity index (χ2v) is 8.90. The van der Waals surface area contributed by atoms with E-state index in [9.17, 15) is 23.1 Å². The van der Waals surface area contributed by atoms with E-state index in [0.717, 1.165) is 12.3 Å². The second kappa shape index (κ2) is 8.92. The molecule has 5 rings (SSSR count). The van der Waals surface area contributed by atoms with E-state index in [1.165, 1.54) is 6.07 Å². The number of hydrogen-bond donors (Lipinski definition) is 1. The molecule has 10 heteroatoms. The molecule has 1 aliphatic carbocycles. The van der Waals surface area contributed by atoms with E-state index in [1.807, 2.05) is 0 Å². The molecule has 1 amide bonds. The number of carbonyl (C=O) groups is 1. The van der Waals surface area contributed by atoms with Gasteiger partial charge in [-0.05, 0) is 43.9 Å². The molecule has 5 atom stereocenters. The highest BCUT2D eigenvalue weighted by Crippen LogP contribution is 2.46. The predicted octanol–water partition coefficient (Wildman–Crippen LogP) is 3.99. The number of nitrogens with zero attached hydrogens (tertiary/aromatic N) is 4. The van der Waals surface area contributed by atoms with Crippen molar-refractivity contribution in [2.75, 3.05) is 0 Å². The lowest BCUT2D eigenvalue weighted by Gasteiger charge is -2.40. The van der Waals surface area contributed by atoms with Crippen LogP contribution in [0.2, 0.25) is 0 Å². The molecule has 1 saturated heterocycles. The summed E-state index contributed by atoms with van der Waals surface area (Å²) >= 11 is 0. The Bertz CT molecular complexity index is 1200. The molecule has 2 fully saturated rings. The number of likely N-dealkylation sites (tertiary alicyclic amines) is 1. The number of piperidine rings is 1. The van der Waals surface area contributed by atoms with Crippen molar-refractivity contribution in [2.45, 2.75) is 50.2 Å². The maximum atomic E-state index is 13.9. The molecule has 3 heterocycles. The highest BCUT2D eigenvalue weighted by molar-refractivity contribution is 6.00. The summed E-state index contributed by atoms with van der Waals surface area (Å²) in [6.45, 7) is 1.66. The molecule has 1 N–H and O–H groups in total.